The first-order valence-corrected chi connectivity index (χ1v) is 11.7. The molecule has 2 aliphatic heterocycles. The van der Waals surface area contributed by atoms with E-state index in [-0.39, 0.29) is 6.61 Å². The van der Waals surface area contributed by atoms with Crippen LogP contribution in [-0.4, -0.2) is 61.9 Å². The highest BCUT2D eigenvalue weighted by Crippen LogP contribution is 2.38. The van der Waals surface area contributed by atoms with Gasteiger partial charge >= 0.3 is 0 Å². The number of piperidine rings is 1. The van der Waals surface area contributed by atoms with Crippen LogP contribution in [0, 0.1) is 11.3 Å². The Morgan fingerprint density at radius 3 is 2.76 bits per heavy atom. The Kier molecular flexibility index (Phi) is 6.06. The number of aromatic nitrogens is 4. The lowest BCUT2D eigenvalue weighted by molar-refractivity contribution is 0.129. The maximum atomic E-state index is 9.33. The number of aliphatic hydroxyl groups excluding tert-OH is 1. The Hall–Kier alpha value is -2.93. The van der Waals surface area contributed by atoms with Crippen molar-refractivity contribution in [2.75, 3.05) is 23.8 Å². The van der Waals surface area contributed by atoms with Crippen LogP contribution >= 0.6 is 11.6 Å². The number of nitrogens with one attached hydrogen (secondary N) is 2. The highest BCUT2D eigenvalue weighted by atomic mass is 35.5. The minimum atomic E-state index is -0.113. The first-order valence-electron chi connectivity index (χ1n) is 11.3. The smallest absolute Gasteiger partial charge is 0.227 e. The Balaban J connectivity index is 1.43. The fraction of sp³-hybridized carbons (Fsp3) is 0.478. The Morgan fingerprint density at radius 1 is 1.27 bits per heavy atom. The zero-order chi connectivity index (χ0) is 22.9. The summed E-state index contributed by atoms with van der Waals surface area (Å²) >= 11 is 6.27. The molecule has 33 heavy (non-hydrogen) atoms. The van der Waals surface area contributed by atoms with Crippen LogP contribution < -0.4 is 10.2 Å². The molecule has 4 heterocycles. The molecule has 2 unspecified atom stereocenters. The molecule has 172 valence electrons. The molecule has 2 bridgehead atoms. The third-order valence-electron chi connectivity index (χ3n) is 6.90. The van der Waals surface area contributed by atoms with Gasteiger partial charge in [0.2, 0.25) is 5.95 Å². The number of halogens is 1. The molecule has 0 amide bonds. The molecule has 2 atom stereocenters. The number of benzene rings is 1. The molecular weight excluding hydrogens is 440 g/mol. The molecule has 0 saturated carbocycles. The van der Waals surface area contributed by atoms with Gasteiger partial charge in [-0.15, -0.1) is 0 Å². The van der Waals surface area contributed by atoms with Gasteiger partial charge in [-0.3, -0.25) is 10.00 Å². The van der Waals surface area contributed by atoms with Crippen LogP contribution in [0.25, 0.3) is 10.9 Å². The average molecular weight is 467 g/mol. The summed E-state index contributed by atoms with van der Waals surface area (Å²) in [6.07, 6.45) is 5.04. The molecule has 0 aliphatic carbocycles. The van der Waals surface area contributed by atoms with Crippen molar-refractivity contribution < 1.29 is 5.11 Å². The molecule has 3 N–H and O–H groups in total. The number of nitrogens with zero attached hydrogens (tertiary/aromatic N) is 6. The number of nitriles is 1. The zero-order valence-corrected chi connectivity index (χ0v) is 19.3. The number of H-pyrrole nitrogens is 1. The first kappa shape index (κ1) is 21.9. The monoisotopic (exact) mass is 466 g/mol. The Labute approximate surface area is 197 Å². The number of aliphatic hydroxyl groups is 1. The summed E-state index contributed by atoms with van der Waals surface area (Å²) in [6, 6.07) is 11.0. The number of anilines is 3. The standard InChI is InChI=1S/C23H27ClN8O/c1-31(18-11-16-4-5-17(12-18)32(16)8-2-7-25)23-26-20-9-14(24)3-6-19(20)22(28-23)27-21-10-15(13-33)29-30-21/h3,6,9-10,16-18,33H,2,4-5,8,11-13H2,1H3,(H2,26,27,28,29,30). The van der Waals surface area contributed by atoms with E-state index in [1.165, 1.54) is 12.8 Å². The van der Waals surface area contributed by atoms with Crippen molar-refractivity contribution in [1.29, 1.82) is 5.26 Å². The molecule has 3 aromatic rings. The first-order chi connectivity index (χ1) is 16.1. The van der Waals surface area contributed by atoms with Gasteiger partial charge in [-0.1, -0.05) is 11.6 Å². The molecule has 9 nitrogen and oxygen atoms in total. The largest absolute Gasteiger partial charge is 0.390 e. The van der Waals surface area contributed by atoms with Crippen molar-refractivity contribution in [3.63, 3.8) is 0 Å². The summed E-state index contributed by atoms with van der Waals surface area (Å²) in [5.74, 6) is 1.86. The third-order valence-corrected chi connectivity index (χ3v) is 7.13. The molecule has 10 heteroatoms. The van der Waals surface area contributed by atoms with Crippen LogP contribution in [0.15, 0.2) is 24.3 Å². The Bertz CT molecular complexity index is 1180. The van der Waals surface area contributed by atoms with Gasteiger partial charge in [0.1, 0.15) is 5.82 Å². The lowest BCUT2D eigenvalue weighted by Crippen LogP contribution is -2.50. The van der Waals surface area contributed by atoms with Crippen molar-refractivity contribution in [3.8, 4) is 6.07 Å². The highest BCUT2D eigenvalue weighted by molar-refractivity contribution is 6.31. The predicted octanol–water partition coefficient (Wildman–Crippen LogP) is 3.59. The van der Waals surface area contributed by atoms with E-state index in [1.54, 1.807) is 6.07 Å². The number of hydrogen-bond donors (Lipinski definition) is 3. The minimum absolute atomic E-state index is 0.113. The topological polar surface area (TPSA) is 117 Å². The summed E-state index contributed by atoms with van der Waals surface area (Å²) in [7, 11) is 2.06. The van der Waals surface area contributed by atoms with Gasteiger partial charge in [0, 0.05) is 54.6 Å². The predicted molar refractivity (Wildman–Crippen MR) is 128 cm³/mol. The van der Waals surface area contributed by atoms with E-state index >= 15 is 0 Å². The van der Waals surface area contributed by atoms with E-state index < -0.39 is 0 Å². The highest BCUT2D eigenvalue weighted by Gasteiger charge is 2.41. The quantitative estimate of drug-likeness (QED) is 0.483. The fourth-order valence-electron chi connectivity index (χ4n) is 5.24. The van der Waals surface area contributed by atoms with Crippen molar-refractivity contribution in [2.45, 2.75) is 56.8 Å². The number of hydrogen-bond acceptors (Lipinski definition) is 8. The second-order valence-corrected chi connectivity index (χ2v) is 9.30. The van der Waals surface area contributed by atoms with E-state index in [0.717, 1.165) is 30.3 Å². The van der Waals surface area contributed by atoms with E-state index in [4.69, 9.17) is 26.8 Å². The van der Waals surface area contributed by atoms with Crippen LogP contribution in [0.4, 0.5) is 17.6 Å². The second-order valence-electron chi connectivity index (χ2n) is 8.86. The van der Waals surface area contributed by atoms with Crippen molar-refractivity contribution >= 4 is 40.1 Å². The van der Waals surface area contributed by atoms with Gasteiger partial charge in [-0.05, 0) is 43.9 Å². The van der Waals surface area contributed by atoms with E-state index in [9.17, 15) is 5.11 Å². The number of rotatable bonds is 7. The van der Waals surface area contributed by atoms with Crippen molar-refractivity contribution in [1.82, 2.24) is 25.1 Å². The van der Waals surface area contributed by atoms with E-state index in [0.29, 0.717) is 52.8 Å². The molecular formula is C23H27ClN8O. The SMILES string of the molecule is CN(c1nc(Nc2cc(CO)[nH]n2)c2ccc(Cl)cc2n1)C1CC2CCC(C1)N2CCC#N. The van der Waals surface area contributed by atoms with Gasteiger partial charge < -0.3 is 15.3 Å². The molecule has 2 fully saturated rings. The summed E-state index contributed by atoms with van der Waals surface area (Å²) < 4.78 is 0. The maximum absolute atomic E-state index is 9.33. The van der Waals surface area contributed by atoms with Gasteiger partial charge in [-0.2, -0.15) is 15.3 Å². The molecule has 2 aliphatic rings. The van der Waals surface area contributed by atoms with Gasteiger partial charge in [-0.25, -0.2) is 4.98 Å². The second kappa shape index (κ2) is 9.14. The molecule has 2 saturated heterocycles. The van der Waals surface area contributed by atoms with E-state index in [1.807, 2.05) is 18.2 Å². The molecule has 1 aromatic carbocycles. The van der Waals surface area contributed by atoms with Crippen LogP contribution in [0.5, 0.6) is 0 Å². The van der Waals surface area contributed by atoms with Crippen LogP contribution in [-0.2, 0) is 6.61 Å². The Morgan fingerprint density at radius 2 is 2.06 bits per heavy atom. The molecule has 0 spiro atoms. The van der Waals surface area contributed by atoms with Gasteiger partial charge in [0.05, 0.1) is 23.9 Å². The van der Waals surface area contributed by atoms with Gasteiger partial charge in [0.15, 0.2) is 5.82 Å². The fourth-order valence-corrected chi connectivity index (χ4v) is 5.41. The van der Waals surface area contributed by atoms with E-state index in [2.05, 4.69) is 38.4 Å². The summed E-state index contributed by atoms with van der Waals surface area (Å²) in [6.45, 7) is 0.749. The lowest BCUT2D eigenvalue weighted by atomic mass is 9.96. The van der Waals surface area contributed by atoms with Crippen molar-refractivity contribution in [3.05, 3.63) is 35.0 Å². The molecule has 0 radical (unpaired) electrons. The maximum Gasteiger partial charge on any atom is 0.227 e. The van der Waals surface area contributed by atoms with Crippen LogP contribution in [0.1, 0.15) is 37.8 Å². The summed E-state index contributed by atoms with van der Waals surface area (Å²) in [4.78, 5) is 14.4. The molecule has 5 rings (SSSR count). The summed E-state index contributed by atoms with van der Waals surface area (Å²) in [5, 5.41) is 30.1. The third kappa shape index (κ3) is 4.34. The van der Waals surface area contributed by atoms with Crippen LogP contribution in [0.2, 0.25) is 5.02 Å². The number of aromatic amines is 1. The normalized spacial score (nSPS) is 22.4. The molecule has 2 aromatic heterocycles. The average Bonchev–Trinajstić information content (AvgIpc) is 3.36. The zero-order valence-electron chi connectivity index (χ0n) is 18.5. The summed E-state index contributed by atoms with van der Waals surface area (Å²) in [5.41, 5.74) is 1.38. The lowest BCUT2D eigenvalue weighted by Gasteiger charge is -2.42. The van der Waals surface area contributed by atoms with Crippen molar-refractivity contribution in [2.24, 2.45) is 0 Å². The number of fused-ring (bicyclic) bond motifs is 3. The minimum Gasteiger partial charge on any atom is -0.390 e. The van der Waals surface area contributed by atoms with Crippen LogP contribution in [0.3, 0.4) is 0 Å². The van der Waals surface area contributed by atoms with Gasteiger partial charge in [0.25, 0.3) is 0 Å².